The Hall–Kier alpha value is -2.47. The Morgan fingerprint density at radius 3 is 2.11 bits per heavy atom. The molecule has 2 heterocycles. The van der Waals surface area contributed by atoms with Gasteiger partial charge in [0.2, 0.25) is 0 Å². The third-order valence-electron chi connectivity index (χ3n) is 6.59. The van der Waals surface area contributed by atoms with E-state index in [1.807, 2.05) is 24.3 Å². The molecule has 1 saturated heterocycles. The van der Waals surface area contributed by atoms with E-state index in [1.165, 1.54) is 12.1 Å². The minimum atomic E-state index is -5.73. The molecule has 0 spiro atoms. The second kappa shape index (κ2) is 4.74. The maximum absolute atomic E-state index is 15.2. The number of benzene rings is 3. The van der Waals surface area contributed by atoms with Crippen molar-refractivity contribution in [3.8, 4) is 0 Å². The molecule has 0 N–H and O–H groups in total. The quantitative estimate of drug-likeness (QED) is 0.451. The van der Waals surface area contributed by atoms with Crippen LogP contribution in [0.3, 0.4) is 0 Å². The second-order valence-electron chi connectivity index (χ2n) is 7.73. The van der Waals surface area contributed by atoms with Crippen LogP contribution in [0.4, 0.5) is 22.0 Å². The predicted octanol–water partition coefficient (Wildman–Crippen LogP) is 6.20. The molecule has 1 nitrogen and oxygen atoms in total. The van der Waals surface area contributed by atoms with Crippen LogP contribution in [0.1, 0.15) is 40.2 Å². The third kappa shape index (κ3) is 1.56. The van der Waals surface area contributed by atoms with Crippen molar-refractivity contribution in [3.05, 3.63) is 82.9 Å². The van der Waals surface area contributed by atoms with Crippen molar-refractivity contribution >= 4 is 10.8 Å². The zero-order valence-corrected chi connectivity index (χ0v) is 14.3. The van der Waals surface area contributed by atoms with E-state index in [9.17, 15) is 13.2 Å². The molecule has 0 amide bonds. The Labute approximate surface area is 156 Å². The van der Waals surface area contributed by atoms with Crippen LogP contribution in [0.15, 0.2) is 60.7 Å². The van der Waals surface area contributed by atoms with Crippen LogP contribution in [-0.2, 0) is 10.3 Å². The van der Waals surface area contributed by atoms with Gasteiger partial charge in [-0.05, 0) is 33.0 Å². The monoisotopic (exact) mass is 388 g/mol. The van der Waals surface area contributed by atoms with Crippen molar-refractivity contribution in [1.29, 1.82) is 0 Å². The molecule has 3 aromatic carbocycles. The summed E-state index contributed by atoms with van der Waals surface area (Å²) in [7, 11) is 0. The summed E-state index contributed by atoms with van der Waals surface area (Å²) >= 11 is 0. The first kappa shape index (κ1) is 16.5. The molecule has 6 heteroatoms. The Balaban J connectivity index is 1.73. The highest BCUT2D eigenvalue weighted by atomic mass is 19.4. The SMILES string of the molecule is FC(F)(F)C(F)(F)C12OC(c3ccccc31)C1c3cccc4cccc(c34)C12. The molecule has 3 aromatic rings. The van der Waals surface area contributed by atoms with Gasteiger partial charge in [0, 0.05) is 11.8 Å². The number of ether oxygens (including phenoxy) is 1. The van der Waals surface area contributed by atoms with E-state index >= 15 is 8.78 Å². The molecule has 0 radical (unpaired) electrons. The summed E-state index contributed by atoms with van der Waals surface area (Å²) < 4.78 is 77.1. The molecule has 0 aromatic heterocycles. The highest BCUT2D eigenvalue weighted by molar-refractivity contribution is 5.93. The standard InChI is InChI=1S/C22H13F5O/c23-21(24,22(25,26)27)20-15-10-2-1-7-12(15)19(28-20)17-13-8-3-5-11-6-4-9-14(16(11)13)18(17)20/h1-10,17-19H. The molecule has 3 aliphatic rings. The fraction of sp³-hybridized carbons (Fsp3) is 0.273. The van der Waals surface area contributed by atoms with Gasteiger partial charge in [0.15, 0.2) is 5.60 Å². The number of alkyl halides is 5. The molecule has 28 heavy (non-hydrogen) atoms. The fourth-order valence-electron chi connectivity index (χ4n) is 5.69. The summed E-state index contributed by atoms with van der Waals surface area (Å²) in [6.07, 6.45) is -6.56. The predicted molar refractivity (Wildman–Crippen MR) is 92.4 cm³/mol. The van der Waals surface area contributed by atoms with E-state index in [0.29, 0.717) is 11.1 Å². The lowest BCUT2D eigenvalue weighted by Gasteiger charge is -2.41. The average molecular weight is 388 g/mol. The van der Waals surface area contributed by atoms with E-state index in [-0.39, 0.29) is 5.56 Å². The minimum absolute atomic E-state index is 0.0478. The van der Waals surface area contributed by atoms with Crippen molar-refractivity contribution < 1.29 is 26.7 Å². The van der Waals surface area contributed by atoms with Crippen LogP contribution < -0.4 is 0 Å². The van der Waals surface area contributed by atoms with Crippen LogP contribution in [-0.4, -0.2) is 12.1 Å². The van der Waals surface area contributed by atoms with Gasteiger partial charge in [-0.25, -0.2) is 0 Å². The number of rotatable bonds is 1. The fourth-order valence-corrected chi connectivity index (χ4v) is 5.69. The molecule has 4 unspecified atom stereocenters. The molecule has 2 bridgehead atoms. The molecule has 4 atom stereocenters. The maximum atomic E-state index is 15.2. The van der Waals surface area contributed by atoms with Crippen LogP contribution in [0, 0.1) is 0 Å². The summed E-state index contributed by atoms with van der Waals surface area (Å²) in [4.78, 5) is 0. The van der Waals surface area contributed by atoms with Crippen molar-refractivity contribution in [1.82, 2.24) is 0 Å². The summed E-state index contributed by atoms with van der Waals surface area (Å²) in [5.74, 6) is -6.69. The largest absolute Gasteiger partial charge is 0.456 e. The minimum Gasteiger partial charge on any atom is -0.354 e. The van der Waals surface area contributed by atoms with Gasteiger partial charge in [0.25, 0.3) is 0 Å². The lowest BCUT2D eigenvalue weighted by Crippen LogP contribution is -2.56. The summed E-state index contributed by atoms with van der Waals surface area (Å²) in [5.41, 5.74) is -1.08. The Morgan fingerprint density at radius 1 is 0.750 bits per heavy atom. The van der Waals surface area contributed by atoms with Crippen LogP contribution >= 0.6 is 0 Å². The molecular weight excluding hydrogens is 375 g/mol. The van der Waals surface area contributed by atoms with Crippen molar-refractivity contribution in [3.63, 3.8) is 0 Å². The number of hydrogen-bond acceptors (Lipinski definition) is 1. The van der Waals surface area contributed by atoms with E-state index in [1.54, 1.807) is 24.3 Å². The van der Waals surface area contributed by atoms with E-state index in [2.05, 4.69) is 0 Å². The lowest BCUT2D eigenvalue weighted by molar-refractivity contribution is -0.349. The van der Waals surface area contributed by atoms with Gasteiger partial charge >= 0.3 is 12.1 Å². The van der Waals surface area contributed by atoms with E-state index < -0.39 is 35.6 Å². The van der Waals surface area contributed by atoms with Crippen LogP contribution in [0.5, 0.6) is 0 Å². The van der Waals surface area contributed by atoms with Crippen LogP contribution in [0.25, 0.3) is 10.8 Å². The molecule has 0 saturated carbocycles. The molecule has 6 rings (SSSR count). The average Bonchev–Trinajstić information content (AvgIpc) is 3.30. The summed E-state index contributed by atoms with van der Waals surface area (Å²) in [5, 5.41) is 1.63. The number of hydrogen-bond donors (Lipinski definition) is 0. The van der Waals surface area contributed by atoms with Gasteiger partial charge in [-0.15, -0.1) is 0 Å². The topological polar surface area (TPSA) is 9.23 Å². The Bertz CT molecular complexity index is 1150. The normalized spacial score (nSPS) is 30.0. The zero-order chi connectivity index (χ0) is 19.5. The smallest absolute Gasteiger partial charge is 0.354 e. The highest BCUT2D eigenvalue weighted by Crippen LogP contribution is 2.76. The van der Waals surface area contributed by atoms with Crippen molar-refractivity contribution in [2.45, 2.75) is 35.6 Å². The third-order valence-corrected chi connectivity index (χ3v) is 6.59. The highest BCUT2D eigenvalue weighted by Gasteiger charge is 2.81. The van der Waals surface area contributed by atoms with Gasteiger partial charge in [0.05, 0.1) is 6.10 Å². The Morgan fingerprint density at radius 2 is 1.39 bits per heavy atom. The first-order chi connectivity index (χ1) is 13.3. The van der Waals surface area contributed by atoms with Gasteiger partial charge < -0.3 is 4.74 Å². The number of halogens is 5. The van der Waals surface area contributed by atoms with Crippen LogP contribution in [0.2, 0.25) is 0 Å². The zero-order valence-electron chi connectivity index (χ0n) is 14.3. The number of fused-ring (bicyclic) bond motifs is 10. The second-order valence-corrected chi connectivity index (χ2v) is 7.73. The lowest BCUT2D eigenvalue weighted by atomic mass is 9.65. The molecule has 1 fully saturated rings. The molecule has 2 aliphatic heterocycles. The first-order valence-electron chi connectivity index (χ1n) is 9.02. The van der Waals surface area contributed by atoms with Gasteiger partial charge in [-0.2, -0.15) is 22.0 Å². The van der Waals surface area contributed by atoms with E-state index in [4.69, 9.17) is 4.74 Å². The maximum Gasteiger partial charge on any atom is 0.456 e. The summed E-state index contributed by atoms with van der Waals surface area (Å²) in [6.45, 7) is 0. The molecule has 142 valence electrons. The van der Waals surface area contributed by atoms with Gasteiger partial charge in [0.1, 0.15) is 0 Å². The van der Waals surface area contributed by atoms with Gasteiger partial charge in [-0.1, -0.05) is 60.7 Å². The summed E-state index contributed by atoms with van der Waals surface area (Å²) in [6, 6.07) is 16.8. The van der Waals surface area contributed by atoms with Crippen molar-refractivity contribution in [2.75, 3.05) is 0 Å². The van der Waals surface area contributed by atoms with Gasteiger partial charge in [-0.3, -0.25) is 0 Å². The Kier molecular flexibility index (Phi) is 2.79. The van der Waals surface area contributed by atoms with E-state index in [0.717, 1.165) is 16.3 Å². The first-order valence-corrected chi connectivity index (χ1v) is 9.02. The molecular formula is C22H13F5O. The molecule has 1 aliphatic carbocycles. The van der Waals surface area contributed by atoms with Crippen molar-refractivity contribution in [2.24, 2.45) is 0 Å².